The smallest absolute Gasteiger partial charge is 0.0702 e. The van der Waals surface area contributed by atoms with E-state index in [2.05, 4.69) is 22.4 Å². The number of fused-ring (bicyclic) bond motifs is 1. The average Bonchev–Trinajstić information content (AvgIpc) is 2.18. The monoisotopic (exact) mass is 171 g/mol. The topological polar surface area (TPSA) is 27.0 Å². The van der Waals surface area contributed by atoms with Gasteiger partial charge in [0, 0.05) is 25.2 Å². The summed E-state index contributed by atoms with van der Waals surface area (Å²) in [5.41, 5.74) is 2.21. The highest BCUT2D eigenvalue weighted by Crippen LogP contribution is 2.12. The molecule has 0 amide bonds. The van der Waals surface area contributed by atoms with Crippen LogP contribution in [-0.2, 0) is 6.54 Å². The molecular formula is C11H11N2. The van der Waals surface area contributed by atoms with Gasteiger partial charge in [-0.1, -0.05) is 18.2 Å². The van der Waals surface area contributed by atoms with Gasteiger partial charge in [-0.2, -0.15) is 0 Å². The van der Waals surface area contributed by atoms with Gasteiger partial charge in [0.2, 0.25) is 0 Å². The average molecular weight is 171 g/mol. The van der Waals surface area contributed by atoms with Crippen molar-refractivity contribution in [2.75, 3.05) is 7.05 Å². The Labute approximate surface area is 77.6 Å². The first-order chi connectivity index (χ1) is 6.40. The van der Waals surface area contributed by atoms with Crippen LogP contribution in [0.15, 0.2) is 36.5 Å². The molecule has 1 aromatic heterocycles. The second kappa shape index (κ2) is 3.54. The lowest BCUT2D eigenvalue weighted by Gasteiger charge is -2.00. The van der Waals surface area contributed by atoms with E-state index in [1.807, 2.05) is 31.4 Å². The van der Waals surface area contributed by atoms with E-state index < -0.39 is 0 Å². The van der Waals surface area contributed by atoms with Crippen molar-refractivity contribution in [3.63, 3.8) is 0 Å². The molecule has 2 heteroatoms. The number of aromatic nitrogens is 1. The molecule has 0 N–H and O–H groups in total. The molecule has 0 saturated heterocycles. The Morgan fingerprint density at radius 2 is 2.15 bits per heavy atom. The van der Waals surface area contributed by atoms with Crippen molar-refractivity contribution in [3.05, 3.63) is 42.1 Å². The van der Waals surface area contributed by atoms with Gasteiger partial charge in [0.25, 0.3) is 0 Å². The molecule has 0 aliphatic heterocycles. The quantitative estimate of drug-likeness (QED) is 0.678. The molecule has 0 saturated carbocycles. The molecule has 0 fully saturated rings. The minimum absolute atomic E-state index is 0.748. The van der Waals surface area contributed by atoms with Crippen LogP contribution < -0.4 is 5.32 Å². The van der Waals surface area contributed by atoms with Crippen molar-refractivity contribution < 1.29 is 0 Å². The Morgan fingerprint density at radius 1 is 1.31 bits per heavy atom. The summed E-state index contributed by atoms with van der Waals surface area (Å²) < 4.78 is 0. The van der Waals surface area contributed by atoms with Gasteiger partial charge in [-0.3, -0.25) is 4.98 Å². The van der Waals surface area contributed by atoms with Crippen LogP contribution in [0.1, 0.15) is 5.56 Å². The van der Waals surface area contributed by atoms with Crippen molar-refractivity contribution in [1.82, 2.24) is 10.3 Å². The van der Waals surface area contributed by atoms with Gasteiger partial charge in [0.1, 0.15) is 0 Å². The second-order valence-electron chi connectivity index (χ2n) is 3.01. The number of pyridine rings is 1. The number of benzene rings is 1. The molecule has 2 aromatic rings. The van der Waals surface area contributed by atoms with Crippen LogP contribution in [0.25, 0.3) is 10.9 Å². The third kappa shape index (κ3) is 1.68. The van der Waals surface area contributed by atoms with Gasteiger partial charge in [0.05, 0.1) is 5.52 Å². The Bertz CT molecular complexity index is 410. The predicted octanol–water partition coefficient (Wildman–Crippen LogP) is 1.97. The lowest BCUT2D eigenvalue weighted by Crippen LogP contribution is -1.97. The van der Waals surface area contributed by atoms with Gasteiger partial charge in [-0.15, -0.1) is 0 Å². The fourth-order valence-corrected chi connectivity index (χ4v) is 1.39. The first-order valence-electron chi connectivity index (χ1n) is 4.29. The number of hydrogen-bond donors (Lipinski definition) is 0. The zero-order chi connectivity index (χ0) is 9.10. The van der Waals surface area contributed by atoms with Gasteiger partial charge in [-0.05, 0) is 17.7 Å². The molecule has 2 rings (SSSR count). The van der Waals surface area contributed by atoms with E-state index in [4.69, 9.17) is 0 Å². The van der Waals surface area contributed by atoms with E-state index in [1.54, 1.807) is 0 Å². The van der Waals surface area contributed by atoms with Gasteiger partial charge in [-0.25, -0.2) is 5.32 Å². The summed E-state index contributed by atoms with van der Waals surface area (Å²) in [6.07, 6.45) is 1.88. The third-order valence-corrected chi connectivity index (χ3v) is 1.99. The summed E-state index contributed by atoms with van der Waals surface area (Å²) in [4.78, 5) is 4.34. The Morgan fingerprint density at radius 3 is 3.00 bits per heavy atom. The Hall–Kier alpha value is -1.41. The number of para-hydroxylation sites is 1. The second-order valence-corrected chi connectivity index (χ2v) is 3.01. The minimum atomic E-state index is 0.748. The van der Waals surface area contributed by atoms with Crippen LogP contribution in [0.4, 0.5) is 0 Å². The summed E-state index contributed by atoms with van der Waals surface area (Å²) in [5.74, 6) is 0. The van der Waals surface area contributed by atoms with Crippen molar-refractivity contribution >= 4 is 10.9 Å². The molecule has 1 heterocycles. The largest absolute Gasteiger partial charge is 0.256 e. The van der Waals surface area contributed by atoms with Crippen LogP contribution in [0, 0.1) is 0 Å². The molecular weight excluding hydrogens is 160 g/mol. The zero-order valence-electron chi connectivity index (χ0n) is 7.57. The summed E-state index contributed by atoms with van der Waals surface area (Å²) in [7, 11) is 1.81. The van der Waals surface area contributed by atoms with E-state index in [1.165, 1.54) is 10.9 Å². The maximum absolute atomic E-state index is 4.34. The van der Waals surface area contributed by atoms with Gasteiger partial charge < -0.3 is 0 Å². The predicted molar refractivity (Wildman–Crippen MR) is 53.5 cm³/mol. The van der Waals surface area contributed by atoms with Crippen LogP contribution >= 0.6 is 0 Å². The highest BCUT2D eigenvalue weighted by Gasteiger charge is 1.95. The molecule has 0 aliphatic carbocycles. The Balaban J connectivity index is 2.49. The first-order valence-corrected chi connectivity index (χ1v) is 4.29. The number of hydrogen-bond acceptors (Lipinski definition) is 1. The SMILES string of the molecule is C[N]Cc1cnc2ccccc2c1. The highest BCUT2D eigenvalue weighted by atomic mass is 14.8. The minimum Gasteiger partial charge on any atom is -0.256 e. The lowest BCUT2D eigenvalue weighted by molar-refractivity contribution is 0.797. The van der Waals surface area contributed by atoms with E-state index in [9.17, 15) is 0 Å². The molecule has 1 aromatic carbocycles. The summed E-state index contributed by atoms with van der Waals surface area (Å²) in [6, 6.07) is 10.2. The van der Waals surface area contributed by atoms with Gasteiger partial charge in [0.15, 0.2) is 0 Å². The summed E-state index contributed by atoms with van der Waals surface area (Å²) in [6.45, 7) is 0.748. The van der Waals surface area contributed by atoms with E-state index in [0.717, 1.165) is 12.1 Å². The van der Waals surface area contributed by atoms with Crippen molar-refractivity contribution in [3.8, 4) is 0 Å². The maximum Gasteiger partial charge on any atom is 0.0702 e. The van der Waals surface area contributed by atoms with Crippen molar-refractivity contribution in [2.45, 2.75) is 6.54 Å². The highest BCUT2D eigenvalue weighted by molar-refractivity contribution is 5.78. The van der Waals surface area contributed by atoms with Crippen molar-refractivity contribution in [1.29, 1.82) is 0 Å². The summed E-state index contributed by atoms with van der Waals surface area (Å²) >= 11 is 0. The summed E-state index contributed by atoms with van der Waals surface area (Å²) in [5, 5.41) is 5.26. The normalized spacial score (nSPS) is 10.5. The van der Waals surface area contributed by atoms with Gasteiger partial charge >= 0.3 is 0 Å². The number of rotatable bonds is 2. The molecule has 0 spiro atoms. The van der Waals surface area contributed by atoms with Crippen molar-refractivity contribution in [2.24, 2.45) is 0 Å². The first kappa shape index (κ1) is 8.20. The fraction of sp³-hybridized carbons (Fsp3) is 0.182. The van der Waals surface area contributed by atoms with E-state index in [0.29, 0.717) is 0 Å². The van der Waals surface area contributed by atoms with E-state index >= 15 is 0 Å². The van der Waals surface area contributed by atoms with Crippen LogP contribution in [0.5, 0.6) is 0 Å². The third-order valence-electron chi connectivity index (χ3n) is 1.99. The van der Waals surface area contributed by atoms with Crippen LogP contribution in [0.2, 0.25) is 0 Å². The molecule has 0 atom stereocenters. The standard InChI is InChI=1S/C11H11N2/c1-12-7-9-6-10-4-2-3-5-11(10)13-8-9/h2-6,8H,7H2,1H3. The zero-order valence-corrected chi connectivity index (χ0v) is 7.57. The van der Waals surface area contributed by atoms with E-state index in [-0.39, 0.29) is 0 Å². The number of nitrogens with zero attached hydrogens (tertiary/aromatic N) is 2. The molecule has 13 heavy (non-hydrogen) atoms. The molecule has 65 valence electrons. The Kier molecular flexibility index (Phi) is 2.23. The molecule has 2 nitrogen and oxygen atoms in total. The van der Waals surface area contributed by atoms with Crippen LogP contribution in [-0.4, -0.2) is 12.0 Å². The van der Waals surface area contributed by atoms with Crippen LogP contribution in [0.3, 0.4) is 0 Å². The fourth-order valence-electron chi connectivity index (χ4n) is 1.39. The molecule has 0 unspecified atom stereocenters. The molecule has 1 radical (unpaired) electrons. The molecule has 0 aliphatic rings. The molecule has 0 bridgehead atoms. The maximum atomic E-state index is 4.34. The lowest BCUT2D eigenvalue weighted by atomic mass is 10.1.